The SMILES string of the molecule is CCCOC(=O)C1CCN(C(=O)OCCC)C1. The predicted octanol–water partition coefficient (Wildman–Crippen LogP) is 1.81. The van der Waals surface area contributed by atoms with Crippen molar-refractivity contribution in [1.29, 1.82) is 0 Å². The summed E-state index contributed by atoms with van der Waals surface area (Å²) in [4.78, 5) is 24.7. The van der Waals surface area contributed by atoms with Gasteiger partial charge in [0.2, 0.25) is 0 Å². The van der Waals surface area contributed by atoms with Gasteiger partial charge >= 0.3 is 12.1 Å². The minimum Gasteiger partial charge on any atom is -0.465 e. The normalized spacial score (nSPS) is 19.2. The van der Waals surface area contributed by atoms with Gasteiger partial charge in [0.05, 0.1) is 19.1 Å². The summed E-state index contributed by atoms with van der Waals surface area (Å²) < 4.78 is 10.1. The van der Waals surface area contributed by atoms with Crippen LogP contribution >= 0.6 is 0 Å². The third kappa shape index (κ3) is 4.24. The molecule has 1 unspecified atom stereocenters. The fourth-order valence-electron chi connectivity index (χ4n) is 1.72. The summed E-state index contributed by atoms with van der Waals surface area (Å²) in [5.41, 5.74) is 0. The van der Waals surface area contributed by atoms with Gasteiger partial charge in [-0.15, -0.1) is 0 Å². The molecule has 0 spiro atoms. The van der Waals surface area contributed by atoms with Crippen LogP contribution in [0, 0.1) is 5.92 Å². The van der Waals surface area contributed by atoms with E-state index in [1.165, 1.54) is 0 Å². The average Bonchev–Trinajstić information content (AvgIpc) is 2.82. The number of rotatable bonds is 5. The number of nitrogens with zero attached hydrogens (tertiary/aromatic N) is 1. The Bertz CT molecular complexity index is 241. The van der Waals surface area contributed by atoms with E-state index in [-0.39, 0.29) is 18.0 Å². The fourth-order valence-corrected chi connectivity index (χ4v) is 1.72. The first kappa shape index (κ1) is 13.8. The molecule has 98 valence electrons. The first-order valence-corrected chi connectivity index (χ1v) is 6.27. The number of ether oxygens (including phenoxy) is 2. The van der Waals surface area contributed by atoms with Gasteiger partial charge in [-0.05, 0) is 19.3 Å². The van der Waals surface area contributed by atoms with Crippen LogP contribution < -0.4 is 0 Å². The second-order valence-corrected chi connectivity index (χ2v) is 4.21. The lowest BCUT2D eigenvalue weighted by atomic mass is 10.1. The number of carbonyl (C=O) groups excluding carboxylic acids is 2. The summed E-state index contributed by atoms with van der Waals surface area (Å²) in [6.45, 7) is 5.79. The third-order valence-corrected chi connectivity index (χ3v) is 2.66. The van der Waals surface area contributed by atoms with Gasteiger partial charge in [-0.25, -0.2) is 4.79 Å². The zero-order valence-electron chi connectivity index (χ0n) is 10.6. The monoisotopic (exact) mass is 243 g/mol. The zero-order chi connectivity index (χ0) is 12.7. The molecule has 1 saturated heterocycles. The van der Waals surface area contributed by atoms with Crippen LogP contribution in [0.15, 0.2) is 0 Å². The molecule has 17 heavy (non-hydrogen) atoms. The van der Waals surface area contributed by atoms with Crippen molar-refractivity contribution in [3.05, 3.63) is 0 Å². The molecule has 1 atom stereocenters. The molecule has 1 amide bonds. The van der Waals surface area contributed by atoms with Crippen molar-refractivity contribution in [2.45, 2.75) is 33.1 Å². The van der Waals surface area contributed by atoms with E-state index >= 15 is 0 Å². The number of likely N-dealkylation sites (tertiary alicyclic amines) is 1. The highest BCUT2D eigenvalue weighted by Crippen LogP contribution is 2.18. The van der Waals surface area contributed by atoms with E-state index in [0.29, 0.717) is 32.7 Å². The maximum absolute atomic E-state index is 11.6. The number of amides is 1. The number of carbonyl (C=O) groups is 2. The Morgan fingerprint density at radius 1 is 1.18 bits per heavy atom. The van der Waals surface area contributed by atoms with Gasteiger partial charge in [-0.1, -0.05) is 13.8 Å². The van der Waals surface area contributed by atoms with Crippen molar-refractivity contribution in [1.82, 2.24) is 4.90 Å². The molecule has 1 heterocycles. The fraction of sp³-hybridized carbons (Fsp3) is 0.833. The molecule has 1 aliphatic rings. The number of esters is 1. The lowest BCUT2D eigenvalue weighted by Crippen LogP contribution is -2.31. The minimum absolute atomic E-state index is 0.185. The molecule has 5 nitrogen and oxygen atoms in total. The smallest absolute Gasteiger partial charge is 0.409 e. The van der Waals surface area contributed by atoms with Gasteiger partial charge in [-0.3, -0.25) is 4.79 Å². The Hall–Kier alpha value is -1.26. The first-order valence-electron chi connectivity index (χ1n) is 6.27. The van der Waals surface area contributed by atoms with Crippen molar-refractivity contribution in [2.75, 3.05) is 26.3 Å². The Balaban J connectivity index is 2.31. The van der Waals surface area contributed by atoms with Crippen LogP contribution in [-0.2, 0) is 14.3 Å². The predicted molar refractivity (Wildman–Crippen MR) is 62.6 cm³/mol. The topological polar surface area (TPSA) is 55.8 Å². The van der Waals surface area contributed by atoms with Gasteiger partial charge in [0.25, 0.3) is 0 Å². The summed E-state index contributed by atoms with van der Waals surface area (Å²) in [5, 5.41) is 0. The molecule has 0 radical (unpaired) electrons. The average molecular weight is 243 g/mol. The lowest BCUT2D eigenvalue weighted by molar-refractivity contribution is -0.148. The summed E-state index contributed by atoms with van der Waals surface area (Å²) in [6.07, 6.45) is 1.98. The maximum atomic E-state index is 11.6. The first-order chi connectivity index (χ1) is 8.19. The molecular formula is C12H21NO4. The molecule has 1 aliphatic heterocycles. The molecular weight excluding hydrogens is 222 g/mol. The number of hydrogen-bond donors (Lipinski definition) is 0. The Morgan fingerprint density at radius 2 is 1.82 bits per heavy atom. The molecule has 1 fully saturated rings. The maximum Gasteiger partial charge on any atom is 0.409 e. The lowest BCUT2D eigenvalue weighted by Gasteiger charge is -2.15. The van der Waals surface area contributed by atoms with Crippen LogP contribution in [0.1, 0.15) is 33.1 Å². The molecule has 0 saturated carbocycles. The van der Waals surface area contributed by atoms with Crippen molar-refractivity contribution < 1.29 is 19.1 Å². The van der Waals surface area contributed by atoms with Crippen molar-refractivity contribution >= 4 is 12.1 Å². The van der Waals surface area contributed by atoms with Crippen molar-refractivity contribution in [3.8, 4) is 0 Å². The Kier molecular flexibility index (Phi) is 5.80. The van der Waals surface area contributed by atoms with E-state index < -0.39 is 0 Å². The van der Waals surface area contributed by atoms with Crippen molar-refractivity contribution in [2.24, 2.45) is 5.92 Å². The Morgan fingerprint density at radius 3 is 2.47 bits per heavy atom. The minimum atomic E-state index is -0.322. The quantitative estimate of drug-likeness (QED) is 0.691. The third-order valence-electron chi connectivity index (χ3n) is 2.66. The molecule has 5 heteroatoms. The molecule has 0 aromatic rings. The second kappa shape index (κ2) is 7.14. The largest absolute Gasteiger partial charge is 0.465 e. The highest BCUT2D eigenvalue weighted by atomic mass is 16.6. The standard InChI is InChI=1S/C12H21NO4/c1-3-7-16-11(14)10-5-6-13(9-10)12(15)17-8-4-2/h10H,3-9H2,1-2H3. The highest BCUT2D eigenvalue weighted by Gasteiger charge is 2.32. The van der Waals surface area contributed by atoms with E-state index in [4.69, 9.17) is 9.47 Å². The van der Waals surface area contributed by atoms with E-state index in [1.807, 2.05) is 13.8 Å². The van der Waals surface area contributed by atoms with Crippen molar-refractivity contribution in [3.63, 3.8) is 0 Å². The van der Waals surface area contributed by atoms with Crippen LogP contribution in [0.4, 0.5) is 4.79 Å². The molecule has 0 aromatic carbocycles. The van der Waals surface area contributed by atoms with Crippen LogP contribution in [0.25, 0.3) is 0 Å². The summed E-state index contributed by atoms with van der Waals surface area (Å²) in [7, 11) is 0. The molecule has 0 bridgehead atoms. The van der Waals surface area contributed by atoms with Gasteiger partial charge in [0.1, 0.15) is 0 Å². The van der Waals surface area contributed by atoms with Gasteiger partial charge in [-0.2, -0.15) is 0 Å². The second-order valence-electron chi connectivity index (χ2n) is 4.21. The molecule has 1 rings (SSSR count). The van der Waals surface area contributed by atoms with E-state index in [1.54, 1.807) is 4.90 Å². The number of hydrogen-bond acceptors (Lipinski definition) is 4. The van der Waals surface area contributed by atoms with Gasteiger partial charge in [0, 0.05) is 13.1 Å². The Labute approximate surface area is 102 Å². The van der Waals surface area contributed by atoms with Crippen LogP contribution in [-0.4, -0.2) is 43.3 Å². The highest BCUT2D eigenvalue weighted by molar-refractivity contribution is 5.75. The van der Waals surface area contributed by atoms with Crippen LogP contribution in [0.2, 0.25) is 0 Å². The van der Waals surface area contributed by atoms with E-state index in [9.17, 15) is 9.59 Å². The summed E-state index contributed by atoms with van der Waals surface area (Å²) >= 11 is 0. The summed E-state index contributed by atoms with van der Waals surface area (Å²) in [5.74, 6) is -0.381. The van der Waals surface area contributed by atoms with E-state index in [2.05, 4.69) is 0 Å². The summed E-state index contributed by atoms with van der Waals surface area (Å²) in [6, 6.07) is 0. The molecule has 0 aromatic heterocycles. The molecule has 0 aliphatic carbocycles. The molecule has 0 N–H and O–H groups in total. The van der Waals surface area contributed by atoms with Crippen LogP contribution in [0.3, 0.4) is 0 Å². The van der Waals surface area contributed by atoms with E-state index in [0.717, 1.165) is 12.8 Å². The van der Waals surface area contributed by atoms with Gasteiger partial charge < -0.3 is 14.4 Å². The van der Waals surface area contributed by atoms with Gasteiger partial charge in [0.15, 0.2) is 0 Å². The zero-order valence-corrected chi connectivity index (χ0v) is 10.6. The van der Waals surface area contributed by atoms with Crippen LogP contribution in [0.5, 0.6) is 0 Å².